The molecule has 2 atom stereocenters. The molecule has 0 aromatic carbocycles. The fourth-order valence-electron chi connectivity index (χ4n) is 2.17. The van der Waals surface area contributed by atoms with Crippen LogP contribution in [0.2, 0.25) is 0 Å². The summed E-state index contributed by atoms with van der Waals surface area (Å²) in [7, 11) is 3.33. The highest BCUT2D eigenvalue weighted by atomic mass is 16.5. The number of hydrogen-bond donors (Lipinski definition) is 2. The minimum Gasteiger partial charge on any atom is -0.493 e. The first-order chi connectivity index (χ1) is 8.73. The highest BCUT2D eigenvalue weighted by molar-refractivity contribution is 5.29. The lowest BCUT2D eigenvalue weighted by Crippen LogP contribution is -2.39. The Balaban J connectivity index is 3.09. The van der Waals surface area contributed by atoms with Crippen molar-refractivity contribution in [2.24, 2.45) is 5.84 Å². The SMILES string of the molecule is CCCC(OC)C(NN)c1c(OC)cnn1CC. The summed E-state index contributed by atoms with van der Waals surface area (Å²) in [4.78, 5) is 0. The average Bonchev–Trinajstić information content (AvgIpc) is 2.81. The van der Waals surface area contributed by atoms with Gasteiger partial charge in [0.2, 0.25) is 0 Å². The number of nitrogens with two attached hydrogens (primary N) is 1. The van der Waals surface area contributed by atoms with E-state index in [2.05, 4.69) is 17.4 Å². The molecule has 1 heterocycles. The van der Waals surface area contributed by atoms with Crippen molar-refractivity contribution in [2.75, 3.05) is 14.2 Å². The smallest absolute Gasteiger partial charge is 0.161 e. The summed E-state index contributed by atoms with van der Waals surface area (Å²) in [5.41, 5.74) is 3.76. The number of nitrogens with one attached hydrogen (secondary N) is 1. The fourth-order valence-corrected chi connectivity index (χ4v) is 2.17. The molecule has 0 spiro atoms. The van der Waals surface area contributed by atoms with Gasteiger partial charge >= 0.3 is 0 Å². The van der Waals surface area contributed by atoms with Gasteiger partial charge in [0.25, 0.3) is 0 Å². The first-order valence-electron chi connectivity index (χ1n) is 6.31. The number of hydrogen-bond acceptors (Lipinski definition) is 5. The van der Waals surface area contributed by atoms with Crippen molar-refractivity contribution >= 4 is 0 Å². The molecule has 0 aliphatic carbocycles. The van der Waals surface area contributed by atoms with Gasteiger partial charge in [0.1, 0.15) is 5.69 Å². The average molecular weight is 256 g/mol. The normalized spacial score (nSPS) is 14.5. The second kappa shape index (κ2) is 7.35. The lowest BCUT2D eigenvalue weighted by atomic mass is 10.0. The van der Waals surface area contributed by atoms with Crippen LogP contribution in [0, 0.1) is 0 Å². The van der Waals surface area contributed by atoms with Gasteiger partial charge in [-0.05, 0) is 13.3 Å². The summed E-state index contributed by atoms with van der Waals surface area (Å²) in [5, 5.41) is 4.29. The molecule has 0 amide bonds. The van der Waals surface area contributed by atoms with Crippen LogP contribution < -0.4 is 16.0 Å². The predicted molar refractivity (Wildman–Crippen MR) is 70.2 cm³/mol. The second-order valence-electron chi connectivity index (χ2n) is 4.12. The van der Waals surface area contributed by atoms with E-state index in [1.54, 1.807) is 20.4 Å². The maximum Gasteiger partial charge on any atom is 0.161 e. The molecule has 6 nitrogen and oxygen atoms in total. The summed E-state index contributed by atoms with van der Waals surface area (Å²) in [6.07, 6.45) is 3.65. The van der Waals surface area contributed by atoms with Crippen LogP contribution in [-0.4, -0.2) is 30.1 Å². The molecule has 0 radical (unpaired) electrons. The first-order valence-corrected chi connectivity index (χ1v) is 6.31. The maximum absolute atomic E-state index is 5.69. The molecule has 2 unspecified atom stereocenters. The molecule has 1 aromatic rings. The van der Waals surface area contributed by atoms with Gasteiger partial charge in [0, 0.05) is 13.7 Å². The highest BCUT2D eigenvalue weighted by Gasteiger charge is 2.28. The molecular weight excluding hydrogens is 232 g/mol. The molecule has 0 saturated heterocycles. The molecular formula is C12H24N4O2. The molecule has 1 rings (SSSR count). The summed E-state index contributed by atoms with van der Waals surface area (Å²) in [6, 6.07) is -0.132. The maximum atomic E-state index is 5.69. The van der Waals surface area contributed by atoms with Crippen LogP contribution in [0.5, 0.6) is 5.75 Å². The summed E-state index contributed by atoms with van der Waals surface area (Å²) < 4.78 is 12.8. The van der Waals surface area contributed by atoms with Crippen LogP contribution in [0.1, 0.15) is 38.4 Å². The number of aromatic nitrogens is 2. The van der Waals surface area contributed by atoms with E-state index >= 15 is 0 Å². The second-order valence-corrected chi connectivity index (χ2v) is 4.12. The third-order valence-corrected chi connectivity index (χ3v) is 3.09. The summed E-state index contributed by atoms with van der Waals surface area (Å²) in [5.74, 6) is 6.43. The van der Waals surface area contributed by atoms with Gasteiger partial charge in [0.15, 0.2) is 5.75 Å². The van der Waals surface area contributed by atoms with Crippen LogP contribution in [0.25, 0.3) is 0 Å². The number of hydrazine groups is 1. The van der Waals surface area contributed by atoms with Gasteiger partial charge in [-0.2, -0.15) is 5.10 Å². The fraction of sp³-hybridized carbons (Fsp3) is 0.750. The van der Waals surface area contributed by atoms with Crippen molar-refractivity contribution in [1.82, 2.24) is 15.2 Å². The Bertz CT molecular complexity index is 332. The minimum absolute atomic E-state index is 0.00380. The Morgan fingerprint density at radius 2 is 2.17 bits per heavy atom. The van der Waals surface area contributed by atoms with Crippen LogP contribution in [0.4, 0.5) is 0 Å². The number of rotatable bonds is 8. The van der Waals surface area contributed by atoms with E-state index in [0.29, 0.717) is 0 Å². The van der Waals surface area contributed by atoms with E-state index in [4.69, 9.17) is 15.3 Å². The van der Waals surface area contributed by atoms with E-state index in [9.17, 15) is 0 Å². The largest absolute Gasteiger partial charge is 0.493 e. The monoisotopic (exact) mass is 256 g/mol. The molecule has 6 heteroatoms. The van der Waals surface area contributed by atoms with Crippen molar-refractivity contribution in [3.63, 3.8) is 0 Å². The van der Waals surface area contributed by atoms with Gasteiger partial charge in [0.05, 0.1) is 25.5 Å². The molecule has 0 aliphatic rings. The Kier molecular flexibility index (Phi) is 6.11. The van der Waals surface area contributed by atoms with E-state index < -0.39 is 0 Å². The van der Waals surface area contributed by atoms with Crippen molar-refractivity contribution in [3.8, 4) is 5.75 Å². The Labute approximate surface area is 108 Å². The quantitative estimate of drug-likeness (QED) is 0.540. The molecule has 0 fully saturated rings. The van der Waals surface area contributed by atoms with Crippen molar-refractivity contribution < 1.29 is 9.47 Å². The third-order valence-electron chi connectivity index (χ3n) is 3.09. The number of aryl methyl sites for hydroxylation is 1. The van der Waals surface area contributed by atoms with Gasteiger partial charge < -0.3 is 9.47 Å². The van der Waals surface area contributed by atoms with Gasteiger partial charge in [-0.1, -0.05) is 13.3 Å². The zero-order valence-electron chi connectivity index (χ0n) is 11.6. The zero-order chi connectivity index (χ0) is 13.5. The lowest BCUT2D eigenvalue weighted by Gasteiger charge is -2.26. The third kappa shape index (κ3) is 3.01. The zero-order valence-corrected chi connectivity index (χ0v) is 11.6. The molecule has 3 N–H and O–H groups in total. The molecule has 104 valence electrons. The van der Waals surface area contributed by atoms with Crippen molar-refractivity contribution in [3.05, 3.63) is 11.9 Å². The minimum atomic E-state index is -0.132. The number of methoxy groups -OCH3 is 2. The van der Waals surface area contributed by atoms with Crippen LogP contribution >= 0.6 is 0 Å². The van der Waals surface area contributed by atoms with Crippen LogP contribution in [0.3, 0.4) is 0 Å². The molecule has 18 heavy (non-hydrogen) atoms. The highest BCUT2D eigenvalue weighted by Crippen LogP contribution is 2.29. The number of ether oxygens (including phenoxy) is 2. The summed E-state index contributed by atoms with van der Waals surface area (Å²) in [6.45, 7) is 4.92. The van der Waals surface area contributed by atoms with Crippen molar-refractivity contribution in [1.29, 1.82) is 0 Å². The Morgan fingerprint density at radius 3 is 2.61 bits per heavy atom. The van der Waals surface area contributed by atoms with E-state index in [0.717, 1.165) is 30.8 Å². The molecule has 0 aliphatic heterocycles. The van der Waals surface area contributed by atoms with Gasteiger partial charge in [-0.25, -0.2) is 5.43 Å². The van der Waals surface area contributed by atoms with Crippen molar-refractivity contribution in [2.45, 2.75) is 45.4 Å². The lowest BCUT2D eigenvalue weighted by molar-refractivity contribution is 0.0570. The standard InChI is InChI=1S/C12H24N4O2/c1-5-7-9(17-3)11(15-13)12-10(18-4)8-14-16(12)6-2/h8-9,11,15H,5-7,13H2,1-4H3. The van der Waals surface area contributed by atoms with E-state index in [1.165, 1.54) is 0 Å². The summed E-state index contributed by atoms with van der Waals surface area (Å²) >= 11 is 0. The molecule has 0 bridgehead atoms. The van der Waals surface area contributed by atoms with E-state index in [1.807, 2.05) is 11.6 Å². The predicted octanol–water partition coefficient (Wildman–Crippen LogP) is 1.23. The van der Waals surface area contributed by atoms with Crippen LogP contribution in [0.15, 0.2) is 6.20 Å². The molecule has 1 aromatic heterocycles. The number of nitrogens with zero attached hydrogens (tertiary/aromatic N) is 2. The Morgan fingerprint density at radius 1 is 1.44 bits per heavy atom. The van der Waals surface area contributed by atoms with Gasteiger partial charge in [-0.15, -0.1) is 0 Å². The van der Waals surface area contributed by atoms with Crippen LogP contribution in [-0.2, 0) is 11.3 Å². The van der Waals surface area contributed by atoms with E-state index in [-0.39, 0.29) is 12.1 Å². The topological polar surface area (TPSA) is 74.3 Å². The first kappa shape index (κ1) is 14.9. The molecule has 0 saturated carbocycles. The Hall–Kier alpha value is -1.11. The van der Waals surface area contributed by atoms with Gasteiger partial charge in [-0.3, -0.25) is 10.5 Å².